The fraction of sp³-hybridized carbons (Fsp3) is 0.600. The summed E-state index contributed by atoms with van der Waals surface area (Å²) in [6.45, 7) is 5.34. The Morgan fingerprint density at radius 1 is 1.50 bits per heavy atom. The molecule has 1 aliphatic heterocycles. The first-order valence-corrected chi connectivity index (χ1v) is 8.55. The number of rotatable bonds is 4. The summed E-state index contributed by atoms with van der Waals surface area (Å²) in [5.41, 5.74) is 0.877. The molecule has 2 aromatic heterocycles. The van der Waals surface area contributed by atoms with E-state index in [1.54, 1.807) is 11.3 Å². The van der Waals surface area contributed by atoms with Crippen LogP contribution < -0.4 is 0 Å². The summed E-state index contributed by atoms with van der Waals surface area (Å²) >= 11 is 1.62. The second kappa shape index (κ2) is 6.56. The number of hydrogen-bond donors (Lipinski definition) is 0. The molecule has 0 radical (unpaired) electrons. The number of thiazole rings is 1. The molecule has 1 atom stereocenters. The van der Waals surface area contributed by atoms with E-state index in [9.17, 15) is 4.79 Å². The second-order valence-corrected chi connectivity index (χ2v) is 6.56. The third-order valence-corrected chi connectivity index (χ3v) is 4.94. The van der Waals surface area contributed by atoms with Gasteiger partial charge in [0.25, 0.3) is 0 Å². The van der Waals surface area contributed by atoms with E-state index >= 15 is 0 Å². The molecular weight excluding hydrogens is 300 g/mol. The third-order valence-electron chi connectivity index (χ3n) is 3.90. The van der Waals surface area contributed by atoms with Gasteiger partial charge >= 0.3 is 0 Å². The minimum absolute atomic E-state index is 0.133. The Bertz CT molecular complexity index is 652. The van der Waals surface area contributed by atoms with Crippen molar-refractivity contribution in [2.75, 3.05) is 13.1 Å². The molecule has 7 heteroatoms. The van der Waals surface area contributed by atoms with Crippen molar-refractivity contribution >= 4 is 17.2 Å². The largest absolute Gasteiger partial charge is 0.342 e. The van der Waals surface area contributed by atoms with Gasteiger partial charge in [0.1, 0.15) is 0 Å². The summed E-state index contributed by atoms with van der Waals surface area (Å²) in [5.74, 6) is 1.58. The van der Waals surface area contributed by atoms with E-state index in [2.05, 4.69) is 22.0 Å². The fourth-order valence-corrected chi connectivity index (χ4v) is 3.49. The molecule has 1 aliphatic rings. The predicted molar refractivity (Wildman–Crippen MR) is 82.8 cm³/mol. The van der Waals surface area contributed by atoms with Crippen LogP contribution in [0.2, 0.25) is 0 Å². The van der Waals surface area contributed by atoms with Gasteiger partial charge in [0.15, 0.2) is 5.82 Å². The molecule has 2 aromatic rings. The lowest BCUT2D eigenvalue weighted by Gasteiger charge is -2.30. The normalized spacial score (nSPS) is 18.6. The van der Waals surface area contributed by atoms with Crippen LogP contribution in [0.5, 0.6) is 0 Å². The van der Waals surface area contributed by atoms with Crippen molar-refractivity contribution in [1.82, 2.24) is 20.0 Å². The number of likely N-dealkylation sites (tertiary alicyclic amines) is 1. The molecule has 1 saturated heterocycles. The number of amides is 1. The van der Waals surface area contributed by atoms with Crippen LogP contribution in [0, 0.1) is 6.92 Å². The highest BCUT2D eigenvalue weighted by Gasteiger charge is 2.28. The van der Waals surface area contributed by atoms with Gasteiger partial charge in [-0.25, -0.2) is 4.98 Å². The van der Waals surface area contributed by atoms with E-state index in [0.29, 0.717) is 24.7 Å². The molecule has 0 bridgehead atoms. The summed E-state index contributed by atoms with van der Waals surface area (Å²) in [7, 11) is 0. The number of hydrogen-bond acceptors (Lipinski definition) is 6. The highest BCUT2D eigenvalue weighted by molar-refractivity contribution is 7.09. The van der Waals surface area contributed by atoms with E-state index in [1.165, 1.54) is 0 Å². The lowest BCUT2D eigenvalue weighted by Crippen LogP contribution is -2.40. The van der Waals surface area contributed by atoms with Crippen LogP contribution >= 0.6 is 11.3 Å². The van der Waals surface area contributed by atoms with Gasteiger partial charge in [0.2, 0.25) is 11.8 Å². The zero-order chi connectivity index (χ0) is 15.5. The Morgan fingerprint density at radius 2 is 2.36 bits per heavy atom. The molecule has 0 spiro atoms. The highest BCUT2D eigenvalue weighted by Crippen LogP contribution is 2.26. The van der Waals surface area contributed by atoms with E-state index < -0.39 is 0 Å². The zero-order valence-corrected chi connectivity index (χ0v) is 13.7. The van der Waals surface area contributed by atoms with E-state index in [-0.39, 0.29) is 11.8 Å². The average Bonchev–Trinajstić information content (AvgIpc) is 3.16. The standard InChI is InChI=1S/C15H20N4O2S/c1-3-13-17-12(9-22-13)7-14(20)19-6-4-5-11(8-19)15-16-10(2)18-21-15/h9,11H,3-8H2,1-2H3/t11-/m1/s1. The molecule has 1 amide bonds. The van der Waals surface area contributed by atoms with Crippen molar-refractivity contribution in [2.24, 2.45) is 0 Å². The molecule has 0 aromatic carbocycles. The van der Waals surface area contributed by atoms with E-state index in [1.807, 2.05) is 17.2 Å². The monoisotopic (exact) mass is 320 g/mol. The lowest BCUT2D eigenvalue weighted by molar-refractivity contribution is -0.131. The number of piperidine rings is 1. The number of aryl methyl sites for hydroxylation is 2. The molecule has 0 N–H and O–H groups in total. The lowest BCUT2D eigenvalue weighted by atomic mass is 9.97. The average molecular weight is 320 g/mol. The molecular formula is C15H20N4O2S. The molecule has 3 rings (SSSR count). The summed E-state index contributed by atoms with van der Waals surface area (Å²) in [5, 5.41) is 6.91. The zero-order valence-electron chi connectivity index (χ0n) is 12.9. The van der Waals surface area contributed by atoms with Crippen LogP contribution in [0.25, 0.3) is 0 Å². The van der Waals surface area contributed by atoms with Gasteiger partial charge in [0.05, 0.1) is 23.0 Å². The van der Waals surface area contributed by atoms with E-state index in [4.69, 9.17) is 4.52 Å². The molecule has 0 unspecified atom stereocenters. The maximum Gasteiger partial charge on any atom is 0.231 e. The van der Waals surface area contributed by atoms with E-state index in [0.717, 1.165) is 36.5 Å². The number of carbonyl (C=O) groups is 1. The van der Waals surface area contributed by atoms with Gasteiger partial charge in [-0.05, 0) is 26.2 Å². The third kappa shape index (κ3) is 3.35. The van der Waals surface area contributed by atoms with Crippen molar-refractivity contribution in [3.63, 3.8) is 0 Å². The first kappa shape index (κ1) is 15.1. The maximum absolute atomic E-state index is 12.5. The molecule has 22 heavy (non-hydrogen) atoms. The molecule has 118 valence electrons. The molecule has 6 nitrogen and oxygen atoms in total. The Morgan fingerprint density at radius 3 is 3.05 bits per heavy atom. The molecule has 3 heterocycles. The fourth-order valence-electron chi connectivity index (χ4n) is 2.74. The minimum atomic E-state index is 0.133. The molecule has 1 fully saturated rings. The van der Waals surface area contributed by atoms with Crippen LogP contribution in [-0.2, 0) is 17.6 Å². The molecule has 0 aliphatic carbocycles. The van der Waals surface area contributed by atoms with Gasteiger partial charge in [-0.1, -0.05) is 12.1 Å². The number of carbonyl (C=O) groups excluding carboxylic acids is 1. The van der Waals surface area contributed by atoms with Crippen LogP contribution in [0.1, 0.15) is 48.1 Å². The van der Waals surface area contributed by atoms with Gasteiger partial charge in [-0.15, -0.1) is 11.3 Å². The molecule has 0 saturated carbocycles. The highest BCUT2D eigenvalue weighted by atomic mass is 32.1. The van der Waals surface area contributed by atoms with Crippen molar-refractivity contribution < 1.29 is 9.32 Å². The number of aromatic nitrogens is 3. The summed E-state index contributed by atoms with van der Waals surface area (Å²) in [6, 6.07) is 0. The smallest absolute Gasteiger partial charge is 0.231 e. The van der Waals surface area contributed by atoms with Gasteiger partial charge in [0, 0.05) is 18.5 Å². The van der Waals surface area contributed by atoms with Crippen LogP contribution in [-0.4, -0.2) is 39.0 Å². The van der Waals surface area contributed by atoms with Crippen molar-refractivity contribution in [3.8, 4) is 0 Å². The second-order valence-electron chi connectivity index (χ2n) is 5.62. The Labute approximate surface area is 133 Å². The van der Waals surface area contributed by atoms with Gasteiger partial charge < -0.3 is 9.42 Å². The van der Waals surface area contributed by atoms with Crippen LogP contribution in [0.4, 0.5) is 0 Å². The number of nitrogens with zero attached hydrogens (tertiary/aromatic N) is 4. The van der Waals surface area contributed by atoms with Crippen molar-refractivity contribution in [2.45, 2.75) is 45.4 Å². The van der Waals surface area contributed by atoms with Crippen molar-refractivity contribution in [1.29, 1.82) is 0 Å². The minimum Gasteiger partial charge on any atom is -0.342 e. The Kier molecular flexibility index (Phi) is 4.52. The topological polar surface area (TPSA) is 72.1 Å². The Balaban J connectivity index is 1.62. The predicted octanol–water partition coefficient (Wildman–Crippen LogP) is 2.35. The van der Waals surface area contributed by atoms with Crippen molar-refractivity contribution in [3.05, 3.63) is 27.8 Å². The maximum atomic E-state index is 12.5. The van der Waals surface area contributed by atoms with Gasteiger partial charge in [-0.3, -0.25) is 4.79 Å². The summed E-state index contributed by atoms with van der Waals surface area (Å²) in [6.07, 6.45) is 3.25. The van der Waals surface area contributed by atoms with Crippen LogP contribution in [0.3, 0.4) is 0 Å². The first-order chi connectivity index (χ1) is 10.7. The first-order valence-electron chi connectivity index (χ1n) is 7.67. The quantitative estimate of drug-likeness (QED) is 0.864. The summed E-state index contributed by atoms with van der Waals surface area (Å²) < 4.78 is 5.26. The SMILES string of the molecule is CCc1nc(CC(=O)N2CCC[C@@H](c3nc(C)no3)C2)cs1. The Hall–Kier alpha value is -1.76. The van der Waals surface area contributed by atoms with Crippen LogP contribution in [0.15, 0.2) is 9.90 Å². The van der Waals surface area contributed by atoms with Gasteiger partial charge in [-0.2, -0.15) is 4.98 Å². The summed E-state index contributed by atoms with van der Waals surface area (Å²) in [4.78, 5) is 23.1.